The first kappa shape index (κ1) is 20.5. The summed E-state index contributed by atoms with van der Waals surface area (Å²) in [5.74, 6) is 0.657. The van der Waals surface area contributed by atoms with Gasteiger partial charge in [-0.2, -0.15) is 14.8 Å². The normalized spacial score (nSPS) is 11.7. The predicted octanol–water partition coefficient (Wildman–Crippen LogP) is 4.43. The van der Waals surface area contributed by atoms with E-state index >= 15 is 0 Å². The Bertz CT molecular complexity index is 1720. The summed E-state index contributed by atoms with van der Waals surface area (Å²) in [6, 6.07) is 17.9. The number of imidazole rings is 1. The van der Waals surface area contributed by atoms with Gasteiger partial charge >= 0.3 is 0 Å². The van der Waals surface area contributed by atoms with E-state index in [1.54, 1.807) is 64.5 Å². The van der Waals surface area contributed by atoms with Crippen molar-refractivity contribution in [2.24, 2.45) is 4.99 Å². The number of aromatic hydroxyl groups is 1. The summed E-state index contributed by atoms with van der Waals surface area (Å²) in [5.41, 5.74) is 3.14. The molecule has 9 nitrogen and oxygen atoms in total. The fourth-order valence-corrected chi connectivity index (χ4v) is 3.94. The van der Waals surface area contributed by atoms with Gasteiger partial charge in [0.15, 0.2) is 11.6 Å². The third kappa shape index (κ3) is 3.55. The summed E-state index contributed by atoms with van der Waals surface area (Å²) in [6.07, 6.45) is 6.53. The van der Waals surface area contributed by atoms with Crippen molar-refractivity contribution >= 4 is 23.1 Å². The number of hydrogen-bond donors (Lipinski definition) is 1. The van der Waals surface area contributed by atoms with Crippen molar-refractivity contribution in [3.05, 3.63) is 101 Å². The minimum Gasteiger partial charge on any atom is -0.508 e. The fourth-order valence-electron chi connectivity index (χ4n) is 3.94. The molecule has 0 aliphatic carbocycles. The summed E-state index contributed by atoms with van der Waals surface area (Å²) >= 11 is 0. The molecule has 2 aromatic heterocycles. The number of nitrogens with zero attached hydrogens (tertiary/aromatic N) is 6. The number of aryl methyl sites for hydroxylation is 1. The highest BCUT2D eigenvalue weighted by Crippen LogP contribution is 2.36. The molecule has 2 aliphatic heterocycles. The molecule has 2 aromatic carbocycles. The Hall–Kier alpha value is -5.05. The molecule has 0 saturated carbocycles. The van der Waals surface area contributed by atoms with Crippen LogP contribution in [0.1, 0.15) is 11.3 Å². The number of rotatable bonds is 4. The number of fused-ring (bicyclic) bond motifs is 2. The first-order valence-corrected chi connectivity index (χ1v) is 10.8. The van der Waals surface area contributed by atoms with Crippen LogP contribution in [0.2, 0.25) is 0 Å². The molecular formula is C26H18N6O3. The molecule has 9 heteroatoms. The van der Waals surface area contributed by atoms with Crippen molar-refractivity contribution in [2.45, 2.75) is 6.92 Å². The molecule has 2 aliphatic rings. The molecule has 1 N–H and O–H groups in total. The molecule has 4 aromatic rings. The van der Waals surface area contributed by atoms with Crippen LogP contribution in [-0.4, -0.2) is 35.6 Å². The maximum absolute atomic E-state index is 13.1. The van der Waals surface area contributed by atoms with E-state index in [1.165, 1.54) is 0 Å². The monoisotopic (exact) mass is 462 g/mol. The highest BCUT2D eigenvalue weighted by Gasteiger charge is 2.25. The Balaban J connectivity index is 1.64. The lowest BCUT2D eigenvalue weighted by Gasteiger charge is -2.13. The van der Waals surface area contributed by atoms with Gasteiger partial charge in [0.25, 0.3) is 5.56 Å². The van der Waals surface area contributed by atoms with Gasteiger partial charge in [-0.05, 0) is 55.0 Å². The quantitative estimate of drug-likeness (QED) is 0.388. The van der Waals surface area contributed by atoms with Crippen molar-refractivity contribution in [1.82, 2.24) is 24.3 Å². The number of phenolic OH excluding ortho intramolecular Hbond substituents is 1. The second-order valence-corrected chi connectivity index (χ2v) is 7.95. The van der Waals surface area contributed by atoms with Gasteiger partial charge in [0.05, 0.1) is 28.7 Å². The Morgan fingerprint density at radius 3 is 2.63 bits per heavy atom. The van der Waals surface area contributed by atoms with Crippen LogP contribution in [0.15, 0.2) is 93.6 Å². The van der Waals surface area contributed by atoms with E-state index in [-0.39, 0.29) is 11.6 Å². The third-order valence-electron chi connectivity index (χ3n) is 5.65. The SMILES string of the molecule is Cc1nn(-c2ccccc2)c2oc3c(-n4ccnc4)c(N=Cc4ccc(O)cc4)nc(=O)c-3cc12. The maximum atomic E-state index is 13.1. The van der Waals surface area contributed by atoms with Crippen LogP contribution in [0, 0.1) is 6.92 Å². The highest BCUT2D eigenvalue weighted by molar-refractivity contribution is 5.89. The molecule has 35 heavy (non-hydrogen) atoms. The zero-order valence-electron chi connectivity index (χ0n) is 18.5. The average Bonchev–Trinajstić information content (AvgIpc) is 3.52. The van der Waals surface area contributed by atoms with Crippen LogP contribution < -0.4 is 5.56 Å². The molecule has 0 bridgehead atoms. The number of phenols is 1. The van der Waals surface area contributed by atoms with Crippen molar-refractivity contribution < 1.29 is 9.52 Å². The van der Waals surface area contributed by atoms with Crippen LogP contribution in [0.25, 0.3) is 33.8 Å². The van der Waals surface area contributed by atoms with Crippen LogP contribution in [0.5, 0.6) is 5.75 Å². The number of benzene rings is 2. The molecular weight excluding hydrogens is 444 g/mol. The van der Waals surface area contributed by atoms with Crippen molar-refractivity contribution in [1.29, 1.82) is 0 Å². The number of pyridine rings is 1. The molecule has 0 spiro atoms. The molecule has 0 atom stereocenters. The molecule has 6 rings (SSSR count). The summed E-state index contributed by atoms with van der Waals surface area (Å²) in [5, 5.41) is 14.9. The highest BCUT2D eigenvalue weighted by atomic mass is 16.3. The summed E-state index contributed by atoms with van der Waals surface area (Å²) in [7, 11) is 0. The van der Waals surface area contributed by atoms with E-state index in [9.17, 15) is 9.90 Å². The van der Waals surface area contributed by atoms with Gasteiger partial charge < -0.3 is 9.52 Å². The number of aromatic nitrogens is 5. The minimum atomic E-state index is -0.459. The first-order valence-electron chi connectivity index (χ1n) is 10.8. The topological polar surface area (TPSA) is 111 Å². The summed E-state index contributed by atoms with van der Waals surface area (Å²) < 4.78 is 9.83. The lowest BCUT2D eigenvalue weighted by Crippen LogP contribution is -2.13. The smallest absolute Gasteiger partial charge is 0.282 e. The molecule has 0 unspecified atom stereocenters. The molecule has 0 fully saturated rings. The average molecular weight is 462 g/mol. The van der Waals surface area contributed by atoms with E-state index < -0.39 is 5.56 Å². The molecule has 170 valence electrons. The van der Waals surface area contributed by atoms with Gasteiger partial charge in [0.1, 0.15) is 11.4 Å². The van der Waals surface area contributed by atoms with Gasteiger partial charge in [0, 0.05) is 18.6 Å². The van der Waals surface area contributed by atoms with Crippen LogP contribution in [0.3, 0.4) is 0 Å². The summed E-state index contributed by atoms with van der Waals surface area (Å²) in [6.45, 7) is 1.87. The fraction of sp³-hybridized carbons (Fsp3) is 0.0385. The first-order chi connectivity index (χ1) is 17.1. The van der Waals surface area contributed by atoms with Gasteiger partial charge in [-0.25, -0.2) is 9.98 Å². The van der Waals surface area contributed by atoms with Crippen molar-refractivity contribution in [2.75, 3.05) is 0 Å². The Morgan fingerprint density at radius 2 is 1.89 bits per heavy atom. The number of para-hydroxylation sites is 1. The van der Waals surface area contributed by atoms with Crippen LogP contribution in [-0.2, 0) is 0 Å². The molecule has 0 saturated heterocycles. The van der Waals surface area contributed by atoms with Crippen LogP contribution >= 0.6 is 0 Å². The Morgan fingerprint density at radius 1 is 1.09 bits per heavy atom. The zero-order valence-corrected chi connectivity index (χ0v) is 18.5. The van der Waals surface area contributed by atoms with Gasteiger partial charge in [-0.15, -0.1) is 0 Å². The second-order valence-electron chi connectivity index (χ2n) is 7.95. The molecule has 0 radical (unpaired) electrons. The molecule has 4 heterocycles. The Labute approximate surface area is 198 Å². The second kappa shape index (κ2) is 8.07. The van der Waals surface area contributed by atoms with E-state index in [1.807, 2.05) is 37.3 Å². The third-order valence-corrected chi connectivity index (χ3v) is 5.65. The number of aliphatic imine (C=N–C) groups is 1. The predicted molar refractivity (Wildman–Crippen MR) is 131 cm³/mol. The van der Waals surface area contributed by atoms with Crippen molar-refractivity contribution in [3.63, 3.8) is 0 Å². The summed E-state index contributed by atoms with van der Waals surface area (Å²) in [4.78, 5) is 26.0. The zero-order chi connectivity index (χ0) is 23.9. The standard InChI is InChI=1S/C26H18N6O3/c1-16-20-13-21-23(35-26(20)32(30-16)18-5-3-2-4-6-18)22(31-12-11-27-15-31)24(29-25(21)34)28-14-17-7-9-19(33)10-8-17/h2-15,33H,1H3. The molecule has 0 amide bonds. The van der Waals surface area contributed by atoms with E-state index in [0.717, 1.165) is 22.3 Å². The van der Waals surface area contributed by atoms with Gasteiger partial charge in [-0.3, -0.25) is 9.36 Å². The van der Waals surface area contributed by atoms with E-state index in [4.69, 9.17) is 4.42 Å². The Kier molecular flexibility index (Phi) is 4.74. The maximum Gasteiger partial charge on any atom is 0.282 e. The number of hydrogen-bond acceptors (Lipinski definition) is 7. The van der Waals surface area contributed by atoms with Crippen LogP contribution in [0.4, 0.5) is 5.82 Å². The van der Waals surface area contributed by atoms with E-state index in [0.29, 0.717) is 22.7 Å². The van der Waals surface area contributed by atoms with E-state index in [2.05, 4.69) is 20.1 Å². The van der Waals surface area contributed by atoms with Gasteiger partial charge in [-0.1, -0.05) is 18.2 Å². The lowest BCUT2D eigenvalue weighted by atomic mass is 10.1. The van der Waals surface area contributed by atoms with Gasteiger partial charge in [0.2, 0.25) is 5.71 Å². The lowest BCUT2D eigenvalue weighted by molar-refractivity contribution is 0.475. The minimum absolute atomic E-state index is 0.153. The van der Waals surface area contributed by atoms with Crippen molar-refractivity contribution in [3.8, 4) is 28.4 Å². The largest absolute Gasteiger partial charge is 0.508 e.